The lowest BCUT2D eigenvalue weighted by Gasteiger charge is -2.33. The highest BCUT2D eigenvalue weighted by Gasteiger charge is 2.27. The zero-order valence-electron chi connectivity index (χ0n) is 11.3. The van der Waals surface area contributed by atoms with Crippen LogP contribution in [0.25, 0.3) is 0 Å². The highest BCUT2D eigenvalue weighted by molar-refractivity contribution is 5.53. The quantitative estimate of drug-likeness (QED) is 0.646. The summed E-state index contributed by atoms with van der Waals surface area (Å²) in [5, 5.41) is 14.1. The molecule has 0 atom stereocenters. The van der Waals surface area contributed by atoms with Crippen molar-refractivity contribution in [1.29, 1.82) is 0 Å². The van der Waals surface area contributed by atoms with Crippen LogP contribution in [0.5, 0.6) is 0 Å². The monoisotopic (exact) mass is 263 g/mol. The van der Waals surface area contributed by atoms with Crippen LogP contribution in [0.3, 0.4) is 0 Å². The summed E-state index contributed by atoms with van der Waals surface area (Å²) in [5.74, 6) is 0. The Morgan fingerprint density at radius 3 is 2.63 bits per heavy atom. The summed E-state index contributed by atoms with van der Waals surface area (Å²) >= 11 is 0. The molecule has 2 rings (SSSR count). The molecule has 0 aromatic heterocycles. The van der Waals surface area contributed by atoms with Crippen LogP contribution in [0.1, 0.15) is 37.7 Å². The van der Waals surface area contributed by atoms with E-state index in [1.807, 2.05) is 6.07 Å². The molecule has 0 saturated heterocycles. The van der Waals surface area contributed by atoms with E-state index >= 15 is 0 Å². The Kier molecular flexibility index (Phi) is 4.04. The van der Waals surface area contributed by atoms with Crippen molar-refractivity contribution in [2.24, 2.45) is 5.73 Å². The topological polar surface area (TPSA) is 81.2 Å². The van der Waals surface area contributed by atoms with Crippen molar-refractivity contribution >= 4 is 11.4 Å². The molecule has 0 bridgehead atoms. The molecule has 0 amide bonds. The Bertz CT molecular complexity index is 468. The number of hydrogen-bond donors (Lipinski definition) is 2. The van der Waals surface area contributed by atoms with E-state index in [1.165, 1.54) is 19.3 Å². The van der Waals surface area contributed by atoms with Gasteiger partial charge in [0.25, 0.3) is 5.69 Å². The molecule has 0 unspecified atom stereocenters. The number of nitro groups is 1. The third-order valence-corrected chi connectivity index (χ3v) is 3.89. The van der Waals surface area contributed by atoms with E-state index in [-0.39, 0.29) is 16.1 Å². The summed E-state index contributed by atoms with van der Waals surface area (Å²) in [6.07, 6.45) is 5.75. The first kappa shape index (κ1) is 13.8. The predicted molar refractivity (Wildman–Crippen MR) is 76.3 cm³/mol. The molecular formula is C14H21N3O2. The number of benzene rings is 1. The Labute approximate surface area is 113 Å². The van der Waals surface area contributed by atoms with Gasteiger partial charge in [-0.1, -0.05) is 19.3 Å². The summed E-state index contributed by atoms with van der Waals surface area (Å²) in [6, 6.07) is 5.10. The molecule has 1 aliphatic carbocycles. The average molecular weight is 263 g/mol. The van der Waals surface area contributed by atoms with Gasteiger partial charge in [0.1, 0.15) is 0 Å². The summed E-state index contributed by atoms with van der Waals surface area (Å²) in [7, 11) is 0. The van der Waals surface area contributed by atoms with Crippen LogP contribution in [0.4, 0.5) is 11.4 Å². The van der Waals surface area contributed by atoms with Crippen molar-refractivity contribution in [3.8, 4) is 0 Å². The maximum absolute atomic E-state index is 10.8. The number of anilines is 1. The lowest BCUT2D eigenvalue weighted by atomic mass is 9.82. The van der Waals surface area contributed by atoms with Gasteiger partial charge in [-0.05, 0) is 31.9 Å². The standard InChI is InChI=1S/C14H21N3O2/c1-11-9-12(5-6-13(11)17(18)19)16-10-14(15)7-3-2-4-8-14/h5-6,9,16H,2-4,7-8,10,15H2,1H3. The molecule has 1 aromatic carbocycles. The fraction of sp³-hybridized carbons (Fsp3) is 0.571. The molecule has 19 heavy (non-hydrogen) atoms. The molecule has 5 heteroatoms. The molecule has 3 N–H and O–H groups in total. The van der Waals surface area contributed by atoms with E-state index in [4.69, 9.17) is 5.73 Å². The van der Waals surface area contributed by atoms with E-state index < -0.39 is 0 Å². The van der Waals surface area contributed by atoms with Crippen molar-refractivity contribution in [3.05, 3.63) is 33.9 Å². The minimum atomic E-state index is -0.356. The average Bonchev–Trinajstić information content (AvgIpc) is 2.37. The van der Waals surface area contributed by atoms with E-state index in [0.29, 0.717) is 5.56 Å². The maximum atomic E-state index is 10.8. The van der Waals surface area contributed by atoms with Gasteiger partial charge in [-0.2, -0.15) is 0 Å². The summed E-state index contributed by atoms with van der Waals surface area (Å²) in [4.78, 5) is 10.4. The number of nitrogens with zero attached hydrogens (tertiary/aromatic N) is 1. The smallest absolute Gasteiger partial charge is 0.272 e. The normalized spacial score (nSPS) is 18.0. The SMILES string of the molecule is Cc1cc(NCC2(N)CCCCC2)ccc1[N+](=O)[O-]. The number of rotatable bonds is 4. The minimum absolute atomic E-state index is 0.131. The van der Waals surface area contributed by atoms with Gasteiger partial charge >= 0.3 is 0 Å². The Balaban J connectivity index is 2.00. The fourth-order valence-corrected chi connectivity index (χ4v) is 2.68. The minimum Gasteiger partial charge on any atom is -0.383 e. The first-order valence-electron chi connectivity index (χ1n) is 6.78. The van der Waals surface area contributed by atoms with Crippen molar-refractivity contribution in [1.82, 2.24) is 0 Å². The van der Waals surface area contributed by atoms with Gasteiger partial charge in [0, 0.05) is 29.4 Å². The highest BCUT2D eigenvalue weighted by Crippen LogP contribution is 2.27. The second-order valence-corrected chi connectivity index (χ2v) is 5.53. The Morgan fingerprint density at radius 1 is 1.37 bits per heavy atom. The number of nitrogens with two attached hydrogens (primary N) is 1. The fourth-order valence-electron chi connectivity index (χ4n) is 2.68. The maximum Gasteiger partial charge on any atom is 0.272 e. The van der Waals surface area contributed by atoms with E-state index in [9.17, 15) is 10.1 Å². The number of hydrogen-bond acceptors (Lipinski definition) is 4. The molecule has 0 radical (unpaired) electrons. The predicted octanol–water partition coefficient (Wildman–Crippen LogP) is 2.98. The molecule has 1 saturated carbocycles. The van der Waals surface area contributed by atoms with Crippen LogP contribution in [0.2, 0.25) is 0 Å². The summed E-state index contributed by atoms with van der Waals surface area (Å²) in [6.45, 7) is 2.48. The summed E-state index contributed by atoms with van der Waals surface area (Å²) in [5.41, 5.74) is 7.95. The van der Waals surface area contributed by atoms with Crippen molar-refractivity contribution in [2.45, 2.75) is 44.6 Å². The van der Waals surface area contributed by atoms with Crippen LogP contribution in [0.15, 0.2) is 18.2 Å². The van der Waals surface area contributed by atoms with E-state index in [1.54, 1.807) is 19.1 Å². The molecule has 1 aromatic rings. The lowest BCUT2D eigenvalue weighted by molar-refractivity contribution is -0.385. The van der Waals surface area contributed by atoms with Crippen molar-refractivity contribution in [3.63, 3.8) is 0 Å². The zero-order chi connectivity index (χ0) is 13.9. The molecule has 0 spiro atoms. The van der Waals surface area contributed by atoms with E-state index in [2.05, 4.69) is 5.32 Å². The van der Waals surface area contributed by atoms with Gasteiger partial charge in [0.15, 0.2) is 0 Å². The largest absolute Gasteiger partial charge is 0.383 e. The Morgan fingerprint density at radius 2 is 2.05 bits per heavy atom. The molecule has 104 valence electrons. The Hall–Kier alpha value is -1.62. The van der Waals surface area contributed by atoms with Crippen LogP contribution in [-0.4, -0.2) is 17.0 Å². The van der Waals surface area contributed by atoms with Crippen LogP contribution >= 0.6 is 0 Å². The second kappa shape index (κ2) is 5.57. The first-order chi connectivity index (χ1) is 9.00. The molecule has 1 aliphatic rings. The van der Waals surface area contributed by atoms with Gasteiger partial charge in [0.2, 0.25) is 0 Å². The zero-order valence-corrected chi connectivity index (χ0v) is 11.3. The number of aryl methyl sites for hydroxylation is 1. The van der Waals surface area contributed by atoms with Crippen LogP contribution in [0, 0.1) is 17.0 Å². The van der Waals surface area contributed by atoms with E-state index in [0.717, 1.165) is 25.1 Å². The van der Waals surface area contributed by atoms with Gasteiger partial charge in [-0.15, -0.1) is 0 Å². The number of nitrogens with one attached hydrogen (secondary N) is 1. The van der Waals surface area contributed by atoms with Crippen LogP contribution in [-0.2, 0) is 0 Å². The van der Waals surface area contributed by atoms with Gasteiger partial charge in [-0.25, -0.2) is 0 Å². The molecule has 0 heterocycles. The van der Waals surface area contributed by atoms with Crippen LogP contribution < -0.4 is 11.1 Å². The molecular weight excluding hydrogens is 242 g/mol. The highest BCUT2D eigenvalue weighted by atomic mass is 16.6. The van der Waals surface area contributed by atoms with Gasteiger partial charge < -0.3 is 11.1 Å². The first-order valence-corrected chi connectivity index (χ1v) is 6.78. The third-order valence-electron chi connectivity index (χ3n) is 3.89. The van der Waals surface area contributed by atoms with Crippen molar-refractivity contribution < 1.29 is 4.92 Å². The lowest BCUT2D eigenvalue weighted by Crippen LogP contribution is -2.47. The van der Waals surface area contributed by atoms with Gasteiger partial charge in [-0.3, -0.25) is 10.1 Å². The summed E-state index contributed by atoms with van der Waals surface area (Å²) < 4.78 is 0. The molecule has 1 fully saturated rings. The van der Waals surface area contributed by atoms with Crippen molar-refractivity contribution in [2.75, 3.05) is 11.9 Å². The third kappa shape index (κ3) is 3.44. The van der Waals surface area contributed by atoms with Gasteiger partial charge in [0.05, 0.1) is 4.92 Å². The number of nitro benzene ring substituents is 1. The molecule has 0 aliphatic heterocycles. The molecule has 5 nitrogen and oxygen atoms in total. The second-order valence-electron chi connectivity index (χ2n) is 5.53.